The van der Waals surface area contributed by atoms with Gasteiger partial charge in [0.15, 0.2) is 0 Å². The topological polar surface area (TPSA) is 92.2 Å². The molecule has 3 radical (unpaired) electrons. The van der Waals surface area contributed by atoms with Gasteiger partial charge < -0.3 is 28.2 Å². The van der Waals surface area contributed by atoms with Gasteiger partial charge in [0, 0.05) is 0 Å². The number of rotatable bonds is 0. The van der Waals surface area contributed by atoms with Crippen molar-refractivity contribution in [3.05, 3.63) is 0 Å². The second-order valence-corrected chi connectivity index (χ2v) is 1.50. The van der Waals surface area contributed by atoms with Crippen molar-refractivity contribution >= 4 is 9.05 Å². The Morgan fingerprint density at radius 2 is 0.833 bits per heavy atom. The van der Waals surface area contributed by atoms with Crippen LogP contribution >= 0.6 is 0 Å². The van der Waals surface area contributed by atoms with Gasteiger partial charge in [-0.15, -0.1) is 0 Å². The third kappa shape index (κ3) is 111. The van der Waals surface area contributed by atoms with Gasteiger partial charge in [-0.3, -0.25) is 0 Å². The molecule has 0 fully saturated rings. The van der Waals surface area contributed by atoms with Crippen LogP contribution in [0, 0.1) is 24.0 Å². The summed E-state index contributed by atoms with van der Waals surface area (Å²) in [6.07, 6.45) is 0. The predicted octanol–water partition coefficient (Wildman–Crippen LogP) is -5.14. The van der Waals surface area contributed by atoms with Crippen LogP contribution in [0.4, 0.5) is 0 Å². The van der Waals surface area contributed by atoms with E-state index >= 15 is 0 Å². The quantitative estimate of drug-likeness (QED) is 0.301. The second-order valence-electron chi connectivity index (χ2n) is 0.500. The molecule has 0 aromatic carbocycles. The van der Waals surface area contributed by atoms with E-state index in [4.69, 9.17) is 19.2 Å². The maximum Gasteiger partial charge on any atom is 4.00 e. The summed E-state index contributed by atoms with van der Waals surface area (Å²) in [4.78, 5) is 34.3. The molecule has 0 rings (SSSR count). The van der Waals surface area contributed by atoms with Crippen LogP contribution in [0.25, 0.3) is 0 Å². The first kappa shape index (κ1) is 9.92. The summed E-state index contributed by atoms with van der Waals surface area (Å²) in [6, 6.07) is 0. The fraction of sp³-hybridized carbons (Fsp3) is 0. The largest absolute Gasteiger partial charge is 4.00 e. The fourth-order valence-electron chi connectivity index (χ4n) is 0. The Labute approximate surface area is 52.6 Å². The maximum absolute atomic E-state index is 8.58. The molecule has 0 aliphatic carbocycles. The van der Waals surface area contributed by atoms with E-state index in [-0.39, 0.29) is 24.0 Å². The van der Waals surface area contributed by atoms with Gasteiger partial charge in [-0.2, -0.15) is 0 Å². The summed E-state index contributed by atoms with van der Waals surface area (Å²) in [7, 11) is -5.61. The first-order valence-electron chi connectivity index (χ1n) is 0.816. The number of hydrogen-bond acceptors (Lipinski definition) is 4. The average Bonchev–Trinajstić information content (AvgIpc) is 0.722. The molecule has 0 atom stereocenters. The van der Waals surface area contributed by atoms with E-state index in [0.29, 0.717) is 0 Å². The van der Waals surface area contributed by atoms with Gasteiger partial charge in [-0.1, -0.05) is 0 Å². The zero-order valence-corrected chi connectivity index (χ0v) is 5.67. The van der Waals surface area contributed by atoms with Crippen LogP contribution in [0.3, 0.4) is 0 Å². The molecular formula is IO4Si. The van der Waals surface area contributed by atoms with E-state index in [9.17, 15) is 0 Å². The van der Waals surface area contributed by atoms with Crippen molar-refractivity contribution in [2.45, 2.75) is 0 Å². The van der Waals surface area contributed by atoms with Crippen LogP contribution in [0.2, 0.25) is 0 Å². The van der Waals surface area contributed by atoms with Crippen LogP contribution in [-0.4, -0.2) is 9.05 Å². The van der Waals surface area contributed by atoms with Gasteiger partial charge in [0.25, 0.3) is 0 Å². The maximum atomic E-state index is 8.58. The van der Waals surface area contributed by atoms with Gasteiger partial charge in [0.05, 0.1) is 0 Å². The molecular weight excluding hydrogens is 219 g/mol. The standard InChI is InChI=1S/I.O4Si/c;1-5(2,3)4/q+4;-4. The van der Waals surface area contributed by atoms with E-state index in [2.05, 4.69) is 0 Å². The van der Waals surface area contributed by atoms with Crippen LogP contribution in [0.5, 0.6) is 0 Å². The molecule has 4 nitrogen and oxygen atoms in total. The number of hydrogen-bond donors (Lipinski definition) is 0. The van der Waals surface area contributed by atoms with Gasteiger partial charge in [0.1, 0.15) is 0 Å². The molecule has 0 unspecified atom stereocenters. The van der Waals surface area contributed by atoms with Crippen molar-refractivity contribution in [3.8, 4) is 0 Å². The Kier molecular flexibility index (Phi) is 4.76. The van der Waals surface area contributed by atoms with Crippen molar-refractivity contribution in [1.29, 1.82) is 0 Å². The van der Waals surface area contributed by atoms with E-state index in [1.54, 1.807) is 0 Å². The molecule has 6 heteroatoms. The minimum absolute atomic E-state index is 0. The first-order valence-corrected chi connectivity index (χ1v) is 2.45. The average molecular weight is 219 g/mol. The molecule has 0 N–H and O–H groups in total. The molecule has 0 spiro atoms. The summed E-state index contributed by atoms with van der Waals surface area (Å²) < 4.78 is 0. The Balaban J connectivity index is 0. The van der Waals surface area contributed by atoms with Crippen LogP contribution < -0.4 is 19.2 Å². The van der Waals surface area contributed by atoms with Gasteiger partial charge >= 0.3 is 24.0 Å². The summed E-state index contributed by atoms with van der Waals surface area (Å²) in [5, 5.41) is 0. The van der Waals surface area contributed by atoms with E-state index < -0.39 is 9.05 Å². The Morgan fingerprint density at radius 3 is 0.833 bits per heavy atom. The van der Waals surface area contributed by atoms with Gasteiger partial charge in [-0.25, -0.2) is 0 Å². The fourth-order valence-corrected chi connectivity index (χ4v) is 0. The summed E-state index contributed by atoms with van der Waals surface area (Å²) in [5.74, 6) is 0. The molecule has 0 saturated heterocycles. The van der Waals surface area contributed by atoms with Crippen molar-refractivity contribution < 1.29 is 43.2 Å². The normalized spacial score (nSPS) is 10.0. The Bertz CT molecular complexity index is 23.0. The van der Waals surface area contributed by atoms with Crippen LogP contribution in [0.15, 0.2) is 0 Å². The molecule has 0 bridgehead atoms. The minimum atomic E-state index is -5.61. The van der Waals surface area contributed by atoms with Crippen molar-refractivity contribution in [2.24, 2.45) is 0 Å². The SMILES string of the molecule is [I+4].[O-][Si]([O-])([O-])[O-]. The van der Waals surface area contributed by atoms with Crippen LogP contribution in [-0.2, 0) is 0 Å². The van der Waals surface area contributed by atoms with E-state index in [1.807, 2.05) is 0 Å². The molecule has 6 heavy (non-hydrogen) atoms. The third-order valence-corrected chi connectivity index (χ3v) is 0. The van der Waals surface area contributed by atoms with Gasteiger partial charge in [-0.05, 0) is 0 Å². The molecule has 0 aromatic rings. The van der Waals surface area contributed by atoms with Crippen molar-refractivity contribution in [2.75, 3.05) is 0 Å². The molecule has 0 aromatic heterocycles. The predicted molar refractivity (Wildman–Crippen MR) is 5.75 cm³/mol. The Hall–Kier alpha value is 0.787. The summed E-state index contributed by atoms with van der Waals surface area (Å²) >= 11 is 0. The monoisotopic (exact) mass is 219 g/mol. The smallest absolute Gasteiger partial charge is 0.894 e. The van der Waals surface area contributed by atoms with Crippen molar-refractivity contribution in [3.63, 3.8) is 0 Å². The zero-order chi connectivity index (χ0) is 4.50. The molecule has 0 saturated carbocycles. The summed E-state index contributed by atoms with van der Waals surface area (Å²) in [5.41, 5.74) is 0. The molecule has 35 valence electrons. The molecule has 0 amide bonds. The first-order chi connectivity index (χ1) is 2.00. The third-order valence-electron chi connectivity index (χ3n) is 0. The summed E-state index contributed by atoms with van der Waals surface area (Å²) in [6.45, 7) is 0. The zero-order valence-electron chi connectivity index (χ0n) is 2.51. The van der Waals surface area contributed by atoms with Crippen LogP contribution in [0.1, 0.15) is 0 Å². The Morgan fingerprint density at radius 1 is 0.833 bits per heavy atom. The molecule has 0 aliphatic heterocycles. The van der Waals surface area contributed by atoms with Gasteiger partial charge in [0.2, 0.25) is 0 Å². The second kappa shape index (κ2) is 2.88. The molecule has 0 aliphatic rings. The number of halogens is 1. The van der Waals surface area contributed by atoms with Crippen molar-refractivity contribution in [1.82, 2.24) is 0 Å². The minimum Gasteiger partial charge on any atom is -0.894 e. The van der Waals surface area contributed by atoms with E-state index in [1.165, 1.54) is 0 Å². The van der Waals surface area contributed by atoms with E-state index in [0.717, 1.165) is 0 Å². The molecule has 0 heterocycles.